The topological polar surface area (TPSA) is 56.0 Å². The molecule has 0 radical (unpaired) electrons. The van der Waals surface area contributed by atoms with Crippen molar-refractivity contribution in [1.82, 2.24) is 4.98 Å². The Kier molecular flexibility index (Phi) is 5.53. The summed E-state index contributed by atoms with van der Waals surface area (Å²) >= 11 is 0. The van der Waals surface area contributed by atoms with E-state index in [4.69, 9.17) is 5.73 Å². The lowest BCUT2D eigenvalue weighted by atomic mass is 10.1. The van der Waals surface area contributed by atoms with E-state index in [1.807, 2.05) is 39.8 Å². The summed E-state index contributed by atoms with van der Waals surface area (Å²) < 4.78 is 0. The van der Waals surface area contributed by atoms with Gasteiger partial charge >= 0.3 is 0 Å². The Hall–Kier alpha value is -1.38. The van der Waals surface area contributed by atoms with Crippen molar-refractivity contribution in [1.29, 1.82) is 0 Å². The fourth-order valence-corrected chi connectivity index (χ4v) is 1.02. The van der Waals surface area contributed by atoms with E-state index in [1.165, 1.54) is 0 Å². The zero-order valence-electron chi connectivity index (χ0n) is 9.29. The highest BCUT2D eigenvalue weighted by Crippen LogP contribution is 2.05. The molecule has 0 bridgehead atoms. The second kappa shape index (κ2) is 6.13. The molecule has 78 valence electrons. The van der Waals surface area contributed by atoms with Crippen molar-refractivity contribution in [3.05, 3.63) is 29.1 Å². The van der Waals surface area contributed by atoms with Gasteiger partial charge in [-0.1, -0.05) is 26.8 Å². The van der Waals surface area contributed by atoms with Crippen LogP contribution in [0.4, 0.5) is 0 Å². The Balaban J connectivity index is 0.000000791. The Labute approximate surface area is 85.3 Å². The third-order valence-electron chi connectivity index (χ3n) is 1.75. The van der Waals surface area contributed by atoms with E-state index in [0.717, 1.165) is 17.7 Å². The van der Waals surface area contributed by atoms with Crippen LogP contribution in [-0.2, 0) is 6.42 Å². The van der Waals surface area contributed by atoms with Gasteiger partial charge in [0.15, 0.2) is 0 Å². The lowest BCUT2D eigenvalue weighted by Crippen LogP contribution is -2.15. The lowest BCUT2D eigenvalue weighted by molar-refractivity contribution is 0.0994. The van der Waals surface area contributed by atoms with Crippen molar-refractivity contribution in [3.63, 3.8) is 0 Å². The van der Waals surface area contributed by atoms with E-state index in [9.17, 15) is 4.79 Å². The van der Waals surface area contributed by atoms with Crippen molar-refractivity contribution < 1.29 is 4.79 Å². The standard InChI is InChI=1S/C9H12N2O.C2H6/c1-3-7-5-4-6(2)8(11-7)9(10)12;1-2/h4-5H,3H2,1-2H3,(H2,10,12);1-2H3. The molecule has 0 atom stereocenters. The van der Waals surface area contributed by atoms with Gasteiger partial charge in [-0.05, 0) is 25.0 Å². The second-order valence-corrected chi connectivity index (χ2v) is 2.69. The molecule has 0 saturated heterocycles. The van der Waals surface area contributed by atoms with Crippen LogP contribution in [0, 0.1) is 6.92 Å². The van der Waals surface area contributed by atoms with Crippen LogP contribution >= 0.6 is 0 Å². The fourth-order valence-electron chi connectivity index (χ4n) is 1.02. The van der Waals surface area contributed by atoms with Gasteiger partial charge < -0.3 is 5.73 Å². The van der Waals surface area contributed by atoms with Gasteiger partial charge in [0.25, 0.3) is 5.91 Å². The minimum Gasteiger partial charge on any atom is -0.364 e. The number of carbonyl (C=O) groups excluding carboxylic acids is 1. The number of hydrogen-bond donors (Lipinski definition) is 1. The van der Waals surface area contributed by atoms with E-state index in [-0.39, 0.29) is 0 Å². The highest BCUT2D eigenvalue weighted by Gasteiger charge is 2.06. The molecule has 0 aliphatic carbocycles. The monoisotopic (exact) mass is 194 g/mol. The molecule has 2 N–H and O–H groups in total. The summed E-state index contributed by atoms with van der Waals surface area (Å²) in [5, 5.41) is 0. The van der Waals surface area contributed by atoms with Crippen LogP contribution in [0.3, 0.4) is 0 Å². The number of carbonyl (C=O) groups is 1. The summed E-state index contributed by atoms with van der Waals surface area (Å²) in [5.41, 5.74) is 7.25. The molecule has 1 rings (SSSR count). The third kappa shape index (κ3) is 3.17. The summed E-state index contributed by atoms with van der Waals surface area (Å²) in [4.78, 5) is 15.0. The van der Waals surface area contributed by atoms with E-state index in [2.05, 4.69) is 4.98 Å². The van der Waals surface area contributed by atoms with Crippen molar-refractivity contribution >= 4 is 5.91 Å². The summed E-state index contributed by atoms with van der Waals surface area (Å²) in [7, 11) is 0. The Morgan fingerprint density at radius 3 is 2.43 bits per heavy atom. The van der Waals surface area contributed by atoms with Crippen LogP contribution in [0.1, 0.15) is 42.5 Å². The number of hydrogen-bond acceptors (Lipinski definition) is 2. The molecule has 0 aliphatic heterocycles. The van der Waals surface area contributed by atoms with Crippen LogP contribution in [0.5, 0.6) is 0 Å². The Morgan fingerprint density at radius 2 is 2.00 bits per heavy atom. The molecule has 1 heterocycles. The normalized spacial score (nSPS) is 8.86. The molecule has 0 aromatic carbocycles. The van der Waals surface area contributed by atoms with Gasteiger partial charge in [0, 0.05) is 5.69 Å². The molecule has 0 fully saturated rings. The minimum atomic E-state index is -0.456. The maximum atomic E-state index is 10.8. The van der Waals surface area contributed by atoms with Gasteiger partial charge in [-0.25, -0.2) is 4.98 Å². The number of primary amides is 1. The van der Waals surface area contributed by atoms with Crippen LogP contribution in [0.2, 0.25) is 0 Å². The van der Waals surface area contributed by atoms with Crippen LogP contribution < -0.4 is 5.73 Å². The third-order valence-corrected chi connectivity index (χ3v) is 1.75. The first-order chi connectivity index (χ1) is 6.65. The van der Waals surface area contributed by atoms with E-state index >= 15 is 0 Å². The molecular weight excluding hydrogens is 176 g/mol. The molecular formula is C11H18N2O. The van der Waals surface area contributed by atoms with Crippen LogP contribution in [0.15, 0.2) is 12.1 Å². The molecule has 3 heteroatoms. The van der Waals surface area contributed by atoms with E-state index in [0.29, 0.717) is 5.69 Å². The zero-order chi connectivity index (χ0) is 11.1. The van der Waals surface area contributed by atoms with Gasteiger partial charge in [0.1, 0.15) is 5.69 Å². The summed E-state index contributed by atoms with van der Waals surface area (Å²) in [6.07, 6.45) is 0.820. The minimum absolute atomic E-state index is 0.384. The van der Waals surface area contributed by atoms with Crippen molar-refractivity contribution in [3.8, 4) is 0 Å². The maximum absolute atomic E-state index is 10.8. The highest BCUT2D eigenvalue weighted by atomic mass is 16.1. The smallest absolute Gasteiger partial charge is 0.267 e. The summed E-state index contributed by atoms with van der Waals surface area (Å²) in [6.45, 7) is 7.81. The number of rotatable bonds is 2. The average Bonchev–Trinajstić information content (AvgIpc) is 2.21. The molecule has 0 unspecified atom stereocenters. The number of aryl methyl sites for hydroxylation is 2. The second-order valence-electron chi connectivity index (χ2n) is 2.69. The van der Waals surface area contributed by atoms with Crippen molar-refractivity contribution in [2.24, 2.45) is 5.73 Å². The molecule has 14 heavy (non-hydrogen) atoms. The Morgan fingerprint density at radius 1 is 1.43 bits per heavy atom. The molecule has 1 amide bonds. The first-order valence-electron chi connectivity index (χ1n) is 4.91. The lowest BCUT2D eigenvalue weighted by Gasteiger charge is -2.02. The molecule has 0 spiro atoms. The van der Waals surface area contributed by atoms with E-state index < -0.39 is 5.91 Å². The summed E-state index contributed by atoms with van der Waals surface area (Å²) in [6, 6.07) is 3.77. The first kappa shape index (κ1) is 12.6. The summed E-state index contributed by atoms with van der Waals surface area (Å²) in [5.74, 6) is -0.456. The van der Waals surface area contributed by atoms with E-state index in [1.54, 1.807) is 0 Å². The fraction of sp³-hybridized carbons (Fsp3) is 0.455. The average molecular weight is 194 g/mol. The predicted octanol–water partition coefficient (Wildman–Crippen LogP) is 2.08. The molecule has 0 saturated carbocycles. The quantitative estimate of drug-likeness (QED) is 0.783. The number of pyridine rings is 1. The number of nitrogens with zero attached hydrogens (tertiary/aromatic N) is 1. The number of aromatic nitrogens is 1. The van der Waals surface area contributed by atoms with Gasteiger partial charge in [-0.2, -0.15) is 0 Å². The molecule has 3 nitrogen and oxygen atoms in total. The number of nitrogens with two attached hydrogens (primary N) is 1. The van der Waals surface area contributed by atoms with Crippen LogP contribution in [-0.4, -0.2) is 10.9 Å². The largest absolute Gasteiger partial charge is 0.364 e. The SMILES string of the molecule is CC.CCc1ccc(C)c(C(N)=O)n1. The Bertz CT molecular complexity index is 308. The molecule has 1 aromatic rings. The van der Waals surface area contributed by atoms with Gasteiger partial charge in [-0.3, -0.25) is 4.79 Å². The highest BCUT2D eigenvalue weighted by molar-refractivity contribution is 5.92. The van der Waals surface area contributed by atoms with Gasteiger partial charge in [0.2, 0.25) is 0 Å². The maximum Gasteiger partial charge on any atom is 0.267 e. The zero-order valence-corrected chi connectivity index (χ0v) is 9.29. The predicted molar refractivity (Wildman–Crippen MR) is 58.2 cm³/mol. The number of amides is 1. The molecule has 1 aromatic heterocycles. The van der Waals surface area contributed by atoms with Gasteiger partial charge in [-0.15, -0.1) is 0 Å². The van der Waals surface area contributed by atoms with Gasteiger partial charge in [0.05, 0.1) is 0 Å². The first-order valence-corrected chi connectivity index (χ1v) is 4.91. The van der Waals surface area contributed by atoms with Crippen LogP contribution in [0.25, 0.3) is 0 Å². The van der Waals surface area contributed by atoms with Crippen molar-refractivity contribution in [2.75, 3.05) is 0 Å². The molecule has 0 aliphatic rings. The van der Waals surface area contributed by atoms with Crippen molar-refractivity contribution in [2.45, 2.75) is 34.1 Å².